The van der Waals surface area contributed by atoms with Gasteiger partial charge in [0, 0.05) is 33.1 Å². The van der Waals surface area contributed by atoms with E-state index in [4.69, 9.17) is 21.3 Å². The molecule has 190 valence electrons. The van der Waals surface area contributed by atoms with E-state index in [2.05, 4.69) is 37.0 Å². The van der Waals surface area contributed by atoms with Crippen LogP contribution in [0.2, 0.25) is 5.02 Å². The van der Waals surface area contributed by atoms with Crippen LogP contribution in [-0.2, 0) is 6.61 Å². The van der Waals surface area contributed by atoms with Crippen LogP contribution in [-0.4, -0.2) is 20.8 Å². The van der Waals surface area contributed by atoms with Gasteiger partial charge in [0.2, 0.25) is 0 Å². The zero-order valence-corrected chi connectivity index (χ0v) is 23.7. The maximum Gasteiger partial charge on any atom is 0.282 e. The van der Waals surface area contributed by atoms with Gasteiger partial charge >= 0.3 is 0 Å². The van der Waals surface area contributed by atoms with E-state index < -0.39 is 4.92 Å². The van der Waals surface area contributed by atoms with Crippen LogP contribution in [0, 0.1) is 10.1 Å². The molecule has 0 N–H and O–H groups in total. The van der Waals surface area contributed by atoms with Gasteiger partial charge in [0.25, 0.3) is 11.2 Å². The molecule has 0 radical (unpaired) electrons. The minimum absolute atomic E-state index is 0.0198. The standard InChI is InChI=1S/C26H21Br2ClN4O4/c1-3-15(2)25-31-23-8-7-18(27)11-21(23)26(34)32(25)30-13-17-10-19(29)12-22(28)24(17)37-14-16-5-4-6-20(9-16)33(35)36/h4-13,15H,3,14H2,1-2H3/t15-/m0/s1. The number of hydrogen-bond donors (Lipinski definition) is 0. The van der Waals surface area contributed by atoms with Crippen molar-refractivity contribution in [1.82, 2.24) is 9.66 Å². The molecule has 0 fully saturated rings. The van der Waals surface area contributed by atoms with E-state index in [-0.39, 0.29) is 23.8 Å². The fourth-order valence-electron chi connectivity index (χ4n) is 3.64. The molecule has 0 aliphatic rings. The second-order valence-electron chi connectivity index (χ2n) is 8.32. The van der Waals surface area contributed by atoms with Gasteiger partial charge in [0.05, 0.1) is 26.5 Å². The molecule has 11 heteroatoms. The number of aromatic nitrogens is 2. The van der Waals surface area contributed by atoms with Gasteiger partial charge in [-0.05, 0) is 58.2 Å². The third-order valence-electron chi connectivity index (χ3n) is 5.74. The Hall–Kier alpha value is -3.08. The van der Waals surface area contributed by atoms with Crippen LogP contribution >= 0.6 is 43.5 Å². The quantitative estimate of drug-likeness (QED) is 0.112. The first-order chi connectivity index (χ1) is 17.7. The minimum Gasteiger partial charge on any atom is -0.487 e. The number of halogens is 3. The van der Waals surface area contributed by atoms with Crippen molar-refractivity contribution in [3.05, 3.63) is 106 Å². The number of nitro groups is 1. The van der Waals surface area contributed by atoms with Gasteiger partial charge < -0.3 is 4.74 Å². The summed E-state index contributed by atoms with van der Waals surface area (Å²) in [4.78, 5) is 28.8. The Labute approximate surface area is 234 Å². The van der Waals surface area contributed by atoms with Crippen LogP contribution in [0.15, 0.2) is 73.4 Å². The van der Waals surface area contributed by atoms with Crippen molar-refractivity contribution < 1.29 is 9.66 Å². The van der Waals surface area contributed by atoms with Gasteiger partial charge in [-0.25, -0.2) is 4.98 Å². The lowest BCUT2D eigenvalue weighted by atomic mass is 10.1. The van der Waals surface area contributed by atoms with Gasteiger partial charge in [-0.1, -0.05) is 53.5 Å². The van der Waals surface area contributed by atoms with E-state index in [0.717, 1.165) is 10.9 Å². The molecule has 0 saturated heterocycles. The lowest BCUT2D eigenvalue weighted by Crippen LogP contribution is -2.23. The summed E-state index contributed by atoms with van der Waals surface area (Å²) in [6.07, 6.45) is 2.27. The predicted molar refractivity (Wildman–Crippen MR) is 152 cm³/mol. The van der Waals surface area contributed by atoms with Crippen molar-refractivity contribution in [1.29, 1.82) is 0 Å². The Morgan fingerprint density at radius 2 is 2.00 bits per heavy atom. The molecule has 1 heterocycles. The van der Waals surface area contributed by atoms with Crippen LogP contribution in [0.3, 0.4) is 0 Å². The first kappa shape index (κ1) is 27.0. The zero-order valence-electron chi connectivity index (χ0n) is 19.8. The summed E-state index contributed by atoms with van der Waals surface area (Å²) in [5.41, 5.74) is 1.42. The summed E-state index contributed by atoms with van der Waals surface area (Å²) in [7, 11) is 0. The third kappa shape index (κ3) is 6.08. The molecular formula is C26H21Br2ClN4O4. The van der Waals surface area contributed by atoms with Crippen molar-refractivity contribution in [2.24, 2.45) is 5.10 Å². The molecule has 0 bridgehead atoms. The molecule has 0 amide bonds. The molecule has 1 atom stereocenters. The first-order valence-electron chi connectivity index (χ1n) is 11.3. The predicted octanol–water partition coefficient (Wildman–Crippen LogP) is 7.46. The monoisotopic (exact) mass is 646 g/mol. The summed E-state index contributed by atoms with van der Waals surface area (Å²) < 4.78 is 8.66. The minimum atomic E-state index is -0.456. The lowest BCUT2D eigenvalue weighted by molar-refractivity contribution is -0.384. The van der Waals surface area contributed by atoms with Gasteiger partial charge in [0.1, 0.15) is 18.2 Å². The number of rotatable bonds is 8. The first-order valence-corrected chi connectivity index (χ1v) is 13.3. The highest BCUT2D eigenvalue weighted by molar-refractivity contribution is 9.10. The molecule has 0 aliphatic heterocycles. The summed E-state index contributed by atoms with van der Waals surface area (Å²) in [6, 6.07) is 14.9. The molecule has 0 spiro atoms. The van der Waals surface area contributed by atoms with Gasteiger partial charge in [-0.2, -0.15) is 9.78 Å². The van der Waals surface area contributed by atoms with Crippen molar-refractivity contribution in [3.8, 4) is 5.75 Å². The number of benzene rings is 3. The molecule has 0 aliphatic carbocycles. The number of nitro benzene ring substituents is 1. The Morgan fingerprint density at radius 1 is 1.22 bits per heavy atom. The Balaban J connectivity index is 1.76. The molecular weight excluding hydrogens is 628 g/mol. The highest BCUT2D eigenvalue weighted by Gasteiger charge is 2.17. The highest BCUT2D eigenvalue weighted by atomic mass is 79.9. The zero-order chi connectivity index (χ0) is 26.7. The van der Waals surface area contributed by atoms with Crippen LogP contribution in [0.4, 0.5) is 5.69 Å². The highest BCUT2D eigenvalue weighted by Crippen LogP contribution is 2.33. The van der Waals surface area contributed by atoms with Crippen molar-refractivity contribution in [2.45, 2.75) is 32.8 Å². The van der Waals surface area contributed by atoms with Gasteiger partial charge in [0.15, 0.2) is 0 Å². The van der Waals surface area contributed by atoms with Crippen molar-refractivity contribution in [3.63, 3.8) is 0 Å². The maximum atomic E-state index is 13.4. The SMILES string of the molecule is CC[C@H](C)c1nc2ccc(Br)cc2c(=O)n1N=Cc1cc(Cl)cc(Br)c1OCc1cccc([N+](=O)[O-])c1. The third-order valence-corrected chi connectivity index (χ3v) is 7.04. The van der Waals surface area contributed by atoms with E-state index in [0.29, 0.717) is 43.1 Å². The van der Waals surface area contributed by atoms with Crippen molar-refractivity contribution >= 4 is 66.3 Å². The number of fused-ring (bicyclic) bond motifs is 1. The van der Waals surface area contributed by atoms with E-state index in [9.17, 15) is 14.9 Å². The molecule has 3 aromatic carbocycles. The smallest absolute Gasteiger partial charge is 0.282 e. The van der Waals surface area contributed by atoms with Gasteiger partial charge in [-0.15, -0.1) is 0 Å². The second-order valence-corrected chi connectivity index (χ2v) is 10.5. The van der Waals surface area contributed by atoms with Crippen molar-refractivity contribution in [2.75, 3.05) is 0 Å². The molecule has 0 unspecified atom stereocenters. The largest absolute Gasteiger partial charge is 0.487 e. The van der Waals surface area contributed by atoms with Crippen LogP contribution in [0.25, 0.3) is 10.9 Å². The molecule has 4 rings (SSSR count). The Bertz CT molecular complexity index is 1590. The summed E-state index contributed by atoms with van der Waals surface area (Å²) in [5.74, 6) is 0.946. The molecule has 1 aromatic heterocycles. The summed E-state index contributed by atoms with van der Waals surface area (Å²) in [6.45, 7) is 4.08. The molecule has 8 nitrogen and oxygen atoms in total. The topological polar surface area (TPSA) is 99.6 Å². The summed E-state index contributed by atoms with van der Waals surface area (Å²) >= 11 is 13.2. The Morgan fingerprint density at radius 3 is 2.73 bits per heavy atom. The number of nitrogens with zero attached hydrogens (tertiary/aromatic N) is 4. The maximum absolute atomic E-state index is 13.4. The molecule has 4 aromatic rings. The lowest BCUT2D eigenvalue weighted by Gasteiger charge is -2.15. The van der Waals surface area contributed by atoms with E-state index in [1.165, 1.54) is 23.0 Å². The average molecular weight is 649 g/mol. The second kappa shape index (κ2) is 11.5. The normalized spacial score (nSPS) is 12.2. The fraction of sp³-hybridized carbons (Fsp3) is 0.192. The van der Waals surface area contributed by atoms with E-state index in [1.54, 1.807) is 36.4 Å². The number of non-ortho nitro benzene ring substituents is 1. The number of hydrogen-bond acceptors (Lipinski definition) is 6. The average Bonchev–Trinajstić information content (AvgIpc) is 2.87. The van der Waals surface area contributed by atoms with Crippen LogP contribution in [0.1, 0.15) is 43.1 Å². The van der Waals surface area contributed by atoms with Crippen LogP contribution in [0.5, 0.6) is 5.75 Å². The van der Waals surface area contributed by atoms with E-state index in [1.807, 2.05) is 19.9 Å². The van der Waals surface area contributed by atoms with Gasteiger partial charge in [-0.3, -0.25) is 14.9 Å². The molecule has 37 heavy (non-hydrogen) atoms. The summed E-state index contributed by atoms with van der Waals surface area (Å²) in [5, 5.41) is 16.5. The fourth-order valence-corrected chi connectivity index (χ4v) is 4.95. The van der Waals surface area contributed by atoms with Crippen LogP contribution < -0.4 is 10.3 Å². The number of ether oxygens (including phenoxy) is 1. The Kier molecular flexibility index (Phi) is 8.41. The van der Waals surface area contributed by atoms with E-state index >= 15 is 0 Å². The molecule has 0 saturated carbocycles.